The van der Waals surface area contributed by atoms with Gasteiger partial charge in [-0.3, -0.25) is 4.98 Å². The molecule has 0 aliphatic heterocycles. The lowest BCUT2D eigenvalue weighted by atomic mass is 10.1. The number of hydrogen-bond donors (Lipinski definition) is 2. The van der Waals surface area contributed by atoms with Crippen LogP contribution in [0, 0.1) is 0 Å². The van der Waals surface area contributed by atoms with Crippen molar-refractivity contribution in [2.75, 3.05) is 13.2 Å². The third-order valence-corrected chi connectivity index (χ3v) is 4.63. The molecule has 2 N–H and O–H groups in total. The van der Waals surface area contributed by atoms with Crippen molar-refractivity contribution in [1.82, 2.24) is 15.2 Å². The molecule has 1 aliphatic carbocycles. The predicted octanol–water partition coefficient (Wildman–Crippen LogP) is 2.83. The molecule has 2 amide bonds. The minimum Gasteiger partial charge on any atom is -0.395 e. The molecule has 3 rings (SSSR count). The number of pyridine rings is 1. The Labute approximate surface area is 142 Å². The molecular weight excluding hydrogens is 302 g/mol. The first-order valence-corrected chi connectivity index (χ1v) is 8.36. The highest BCUT2D eigenvalue weighted by Gasteiger charge is 2.31. The zero-order valence-electron chi connectivity index (χ0n) is 13.9. The third-order valence-electron chi connectivity index (χ3n) is 4.63. The molecule has 5 nitrogen and oxygen atoms in total. The van der Waals surface area contributed by atoms with E-state index < -0.39 is 0 Å². The highest BCUT2D eigenvalue weighted by atomic mass is 16.3. The Bertz CT molecular complexity index is 690. The van der Waals surface area contributed by atoms with Crippen molar-refractivity contribution >= 4 is 6.03 Å². The molecule has 126 valence electrons. The number of hydrogen-bond acceptors (Lipinski definition) is 3. The van der Waals surface area contributed by atoms with Crippen LogP contribution in [0.3, 0.4) is 0 Å². The second-order valence-corrected chi connectivity index (χ2v) is 6.12. The number of urea groups is 1. The Kier molecular flexibility index (Phi) is 5.11. The molecule has 0 fully saturated rings. The highest BCUT2D eigenvalue weighted by Crippen LogP contribution is 2.35. The SMILES string of the molecule is CC(NC(=O)N(CCO)C1CCc2ccccc21)c1ccncc1. The van der Waals surface area contributed by atoms with E-state index >= 15 is 0 Å². The Morgan fingerprint density at radius 1 is 1.33 bits per heavy atom. The molecule has 2 unspecified atom stereocenters. The number of rotatable bonds is 5. The predicted molar refractivity (Wildman–Crippen MR) is 92.5 cm³/mol. The largest absolute Gasteiger partial charge is 0.395 e. The van der Waals surface area contributed by atoms with Crippen LogP contribution >= 0.6 is 0 Å². The molecule has 1 aromatic heterocycles. The molecule has 1 aromatic carbocycles. The number of benzene rings is 1. The van der Waals surface area contributed by atoms with Gasteiger partial charge in [0.25, 0.3) is 0 Å². The summed E-state index contributed by atoms with van der Waals surface area (Å²) in [7, 11) is 0. The number of nitrogens with one attached hydrogen (secondary N) is 1. The van der Waals surface area contributed by atoms with Gasteiger partial charge < -0.3 is 15.3 Å². The van der Waals surface area contributed by atoms with Crippen LogP contribution < -0.4 is 5.32 Å². The van der Waals surface area contributed by atoms with Crippen LogP contribution in [0.4, 0.5) is 4.79 Å². The normalized spacial score (nSPS) is 17.2. The number of aliphatic hydroxyl groups excluding tert-OH is 1. The monoisotopic (exact) mass is 325 g/mol. The van der Waals surface area contributed by atoms with E-state index in [4.69, 9.17) is 0 Å². The molecule has 2 atom stereocenters. The van der Waals surface area contributed by atoms with E-state index in [1.807, 2.05) is 31.2 Å². The molecule has 24 heavy (non-hydrogen) atoms. The molecule has 0 spiro atoms. The summed E-state index contributed by atoms with van der Waals surface area (Å²) < 4.78 is 0. The van der Waals surface area contributed by atoms with Gasteiger partial charge in [0, 0.05) is 18.9 Å². The molecule has 1 aliphatic rings. The summed E-state index contributed by atoms with van der Waals surface area (Å²) in [6, 6.07) is 11.8. The van der Waals surface area contributed by atoms with Crippen molar-refractivity contribution in [1.29, 1.82) is 0 Å². The lowest BCUT2D eigenvalue weighted by Crippen LogP contribution is -2.44. The van der Waals surface area contributed by atoms with Crippen molar-refractivity contribution in [2.45, 2.75) is 31.8 Å². The van der Waals surface area contributed by atoms with Crippen molar-refractivity contribution in [3.63, 3.8) is 0 Å². The molecule has 0 saturated carbocycles. The van der Waals surface area contributed by atoms with E-state index in [-0.39, 0.29) is 24.7 Å². The Morgan fingerprint density at radius 2 is 2.08 bits per heavy atom. The van der Waals surface area contributed by atoms with Crippen LogP contribution in [-0.2, 0) is 6.42 Å². The van der Waals surface area contributed by atoms with Gasteiger partial charge in [-0.25, -0.2) is 4.79 Å². The average Bonchev–Trinajstić information content (AvgIpc) is 3.04. The number of aromatic nitrogens is 1. The van der Waals surface area contributed by atoms with Crippen LogP contribution in [0.1, 0.15) is 42.1 Å². The first kappa shape index (κ1) is 16.5. The van der Waals surface area contributed by atoms with E-state index in [2.05, 4.69) is 22.4 Å². The lowest BCUT2D eigenvalue weighted by Gasteiger charge is -2.30. The van der Waals surface area contributed by atoms with Gasteiger partial charge in [0.2, 0.25) is 0 Å². The highest BCUT2D eigenvalue weighted by molar-refractivity contribution is 5.75. The molecule has 0 bridgehead atoms. The molecular formula is C19H23N3O2. The number of carbonyl (C=O) groups is 1. The Hall–Kier alpha value is -2.40. The van der Waals surface area contributed by atoms with Gasteiger partial charge in [-0.1, -0.05) is 24.3 Å². The van der Waals surface area contributed by atoms with Gasteiger partial charge in [-0.05, 0) is 48.6 Å². The van der Waals surface area contributed by atoms with Crippen LogP contribution in [0.25, 0.3) is 0 Å². The van der Waals surface area contributed by atoms with Gasteiger partial charge in [0.15, 0.2) is 0 Å². The Balaban J connectivity index is 1.75. The van der Waals surface area contributed by atoms with Crippen molar-refractivity contribution in [3.8, 4) is 0 Å². The summed E-state index contributed by atoms with van der Waals surface area (Å²) in [6.45, 7) is 2.23. The molecule has 1 heterocycles. The zero-order valence-corrected chi connectivity index (χ0v) is 13.9. The Morgan fingerprint density at radius 3 is 2.83 bits per heavy atom. The fourth-order valence-corrected chi connectivity index (χ4v) is 3.37. The first-order chi connectivity index (χ1) is 11.7. The summed E-state index contributed by atoms with van der Waals surface area (Å²) in [4.78, 5) is 18.6. The van der Waals surface area contributed by atoms with Crippen LogP contribution in [0.15, 0.2) is 48.8 Å². The topological polar surface area (TPSA) is 65.5 Å². The smallest absolute Gasteiger partial charge is 0.318 e. The quantitative estimate of drug-likeness (QED) is 0.888. The fraction of sp³-hybridized carbons (Fsp3) is 0.368. The van der Waals surface area contributed by atoms with E-state index in [1.54, 1.807) is 17.3 Å². The number of aryl methyl sites for hydroxylation is 1. The first-order valence-electron chi connectivity index (χ1n) is 8.36. The van der Waals surface area contributed by atoms with E-state index in [0.717, 1.165) is 18.4 Å². The standard InChI is InChI=1S/C19H23N3O2/c1-14(15-8-10-20-11-9-15)21-19(24)22(12-13-23)18-7-6-16-4-2-3-5-17(16)18/h2-5,8-11,14,18,23H,6-7,12-13H2,1H3,(H,21,24). The summed E-state index contributed by atoms with van der Waals surface area (Å²) in [5, 5.41) is 12.5. The van der Waals surface area contributed by atoms with E-state index in [0.29, 0.717) is 6.54 Å². The number of amides is 2. The minimum atomic E-state index is -0.143. The number of nitrogens with zero attached hydrogens (tertiary/aromatic N) is 2. The zero-order chi connectivity index (χ0) is 16.9. The van der Waals surface area contributed by atoms with Gasteiger partial charge in [-0.15, -0.1) is 0 Å². The number of aliphatic hydroxyl groups is 1. The summed E-state index contributed by atoms with van der Waals surface area (Å²) >= 11 is 0. The summed E-state index contributed by atoms with van der Waals surface area (Å²) in [5.74, 6) is 0. The maximum atomic E-state index is 12.8. The molecule has 5 heteroatoms. The minimum absolute atomic E-state index is 0.0259. The average molecular weight is 325 g/mol. The van der Waals surface area contributed by atoms with Gasteiger partial charge >= 0.3 is 6.03 Å². The van der Waals surface area contributed by atoms with Crippen molar-refractivity contribution < 1.29 is 9.90 Å². The molecule has 2 aromatic rings. The van der Waals surface area contributed by atoms with Crippen LogP contribution in [-0.4, -0.2) is 34.2 Å². The second-order valence-electron chi connectivity index (χ2n) is 6.12. The third kappa shape index (κ3) is 3.41. The summed E-state index contributed by atoms with van der Waals surface area (Å²) in [5.41, 5.74) is 3.49. The van der Waals surface area contributed by atoms with E-state index in [1.165, 1.54) is 11.1 Å². The van der Waals surface area contributed by atoms with Crippen molar-refractivity contribution in [2.24, 2.45) is 0 Å². The van der Waals surface area contributed by atoms with Gasteiger partial charge in [-0.2, -0.15) is 0 Å². The van der Waals surface area contributed by atoms with Crippen molar-refractivity contribution in [3.05, 3.63) is 65.5 Å². The van der Waals surface area contributed by atoms with E-state index in [9.17, 15) is 9.90 Å². The number of fused-ring (bicyclic) bond motifs is 1. The van der Waals surface area contributed by atoms with Gasteiger partial charge in [0.1, 0.15) is 0 Å². The maximum Gasteiger partial charge on any atom is 0.318 e. The lowest BCUT2D eigenvalue weighted by molar-refractivity contribution is 0.149. The van der Waals surface area contributed by atoms with Crippen LogP contribution in [0.5, 0.6) is 0 Å². The van der Waals surface area contributed by atoms with Gasteiger partial charge in [0.05, 0.1) is 18.7 Å². The second kappa shape index (κ2) is 7.45. The number of carbonyl (C=O) groups excluding carboxylic acids is 1. The molecule has 0 saturated heterocycles. The maximum absolute atomic E-state index is 12.8. The fourth-order valence-electron chi connectivity index (χ4n) is 3.37. The molecule has 0 radical (unpaired) electrons. The summed E-state index contributed by atoms with van der Waals surface area (Å²) in [6.07, 6.45) is 5.31. The van der Waals surface area contributed by atoms with Crippen LogP contribution in [0.2, 0.25) is 0 Å².